The van der Waals surface area contributed by atoms with Crippen molar-refractivity contribution < 1.29 is 9.15 Å². The summed E-state index contributed by atoms with van der Waals surface area (Å²) in [4.78, 5) is 6.71. The van der Waals surface area contributed by atoms with E-state index < -0.39 is 0 Å². The van der Waals surface area contributed by atoms with Gasteiger partial charge in [0.15, 0.2) is 11.4 Å². The largest absolute Gasteiger partial charge is 0.493 e. The second kappa shape index (κ2) is 8.17. The molecule has 142 valence electrons. The molecule has 7 heteroatoms. The Kier molecular flexibility index (Phi) is 5.48. The van der Waals surface area contributed by atoms with E-state index in [-0.39, 0.29) is 0 Å². The predicted molar refractivity (Wildman–Crippen MR) is 108 cm³/mol. The third-order valence-corrected chi connectivity index (χ3v) is 5.56. The van der Waals surface area contributed by atoms with Crippen LogP contribution in [0.1, 0.15) is 25.0 Å². The number of benzene rings is 1. The molecule has 4 rings (SSSR count). The van der Waals surface area contributed by atoms with Crippen LogP contribution in [0.15, 0.2) is 40.0 Å². The van der Waals surface area contributed by atoms with Gasteiger partial charge in [-0.1, -0.05) is 11.8 Å². The second-order valence-electron chi connectivity index (χ2n) is 6.91. The van der Waals surface area contributed by atoms with Crippen molar-refractivity contribution in [2.75, 3.05) is 30.9 Å². The van der Waals surface area contributed by atoms with Gasteiger partial charge in [-0.2, -0.15) is 5.10 Å². The first-order valence-electron chi connectivity index (χ1n) is 9.34. The fourth-order valence-corrected chi connectivity index (χ4v) is 3.78. The van der Waals surface area contributed by atoms with E-state index in [1.165, 1.54) is 11.8 Å². The van der Waals surface area contributed by atoms with Crippen LogP contribution in [0.25, 0.3) is 11.1 Å². The molecule has 3 aromatic rings. The number of thioether (sulfide) groups is 1. The number of piperidine rings is 1. The van der Waals surface area contributed by atoms with Crippen molar-refractivity contribution in [2.45, 2.75) is 31.4 Å². The minimum Gasteiger partial charge on any atom is -0.493 e. The van der Waals surface area contributed by atoms with Gasteiger partial charge < -0.3 is 14.1 Å². The minimum atomic E-state index is 0.687. The molecule has 1 saturated heterocycles. The fourth-order valence-electron chi connectivity index (χ4n) is 3.42. The highest BCUT2D eigenvalue weighted by Crippen LogP contribution is 2.27. The number of oxazole rings is 1. The molecule has 0 N–H and O–H groups in total. The van der Waals surface area contributed by atoms with Gasteiger partial charge in [0.2, 0.25) is 0 Å². The normalized spacial score (nSPS) is 15.4. The van der Waals surface area contributed by atoms with Crippen LogP contribution in [0.3, 0.4) is 0 Å². The Bertz CT molecular complexity index is 889. The lowest BCUT2D eigenvalue weighted by Crippen LogP contribution is -2.34. The van der Waals surface area contributed by atoms with Crippen LogP contribution in [0.5, 0.6) is 5.75 Å². The molecule has 27 heavy (non-hydrogen) atoms. The van der Waals surface area contributed by atoms with Gasteiger partial charge >= 0.3 is 0 Å². The van der Waals surface area contributed by atoms with Crippen molar-refractivity contribution in [2.24, 2.45) is 5.92 Å². The summed E-state index contributed by atoms with van der Waals surface area (Å²) < 4.78 is 11.6. The van der Waals surface area contributed by atoms with Gasteiger partial charge in [-0.25, -0.2) is 4.98 Å². The Morgan fingerprint density at radius 1 is 1.19 bits per heavy atom. The maximum Gasteiger partial charge on any atom is 0.256 e. The van der Waals surface area contributed by atoms with Crippen molar-refractivity contribution in [1.29, 1.82) is 0 Å². The van der Waals surface area contributed by atoms with E-state index in [2.05, 4.69) is 26.1 Å². The Hall–Kier alpha value is -2.28. The van der Waals surface area contributed by atoms with E-state index in [1.54, 1.807) is 0 Å². The highest BCUT2D eigenvalue weighted by Gasteiger charge is 2.20. The van der Waals surface area contributed by atoms with Crippen molar-refractivity contribution >= 4 is 28.7 Å². The number of hydrogen-bond acceptors (Lipinski definition) is 7. The molecular formula is C20H24N4O2S. The van der Waals surface area contributed by atoms with Gasteiger partial charge in [0.05, 0.1) is 12.3 Å². The zero-order valence-corrected chi connectivity index (χ0v) is 16.5. The molecule has 0 radical (unpaired) electrons. The van der Waals surface area contributed by atoms with Crippen LogP contribution in [0, 0.1) is 12.8 Å². The highest BCUT2D eigenvalue weighted by molar-refractivity contribution is 7.98. The van der Waals surface area contributed by atoms with Gasteiger partial charge in [0.25, 0.3) is 5.22 Å². The molecule has 0 spiro atoms. The molecule has 1 aromatic carbocycles. The standard InChI is InChI=1S/C20H24N4O2S/c1-14-3-6-19(23-22-14)24-10-7-15(8-11-24)9-12-25-16-4-5-17-18(13-16)26-20(21-17)27-2/h3-6,13,15H,7-12H2,1-2H3. The number of ether oxygens (including phenoxy) is 1. The van der Waals surface area contributed by atoms with Gasteiger partial charge in [0, 0.05) is 19.2 Å². The monoisotopic (exact) mass is 384 g/mol. The summed E-state index contributed by atoms with van der Waals surface area (Å²) >= 11 is 1.51. The number of aromatic nitrogens is 3. The molecule has 3 heterocycles. The maximum absolute atomic E-state index is 5.95. The SMILES string of the molecule is CSc1nc2ccc(OCCC3CCN(c4ccc(C)nn4)CC3)cc2o1. The van der Waals surface area contributed by atoms with Crippen molar-refractivity contribution in [3.8, 4) is 5.75 Å². The summed E-state index contributed by atoms with van der Waals surface area (Å²) in [5.41, 5.74) is 2.61. The van der Waals surface area contributed by atoms with Gasteiger partial charge in [-0.05, 0) is 62.6 Å². The molecule has 0 aliphatic carbocycles. The summed E-state index contributed by atoms with van der Waals surface area (Å²) in [5, 5.41) is 9.14. The molecule has 0 unspecified atom stereocenters. The highest BCUT2D eigenvalue weighted by atomic mass is 32.2. The van der Waals surface area contributed by atoms with Crippen molar-refractivity contribution in [3.05, 3.63) is 36.0 Å². The Morgan fingerprint density at radius 3 is 2.78 bits per heavy atom. The fraction of sp³-hybridized carbons (Fsp3) is 0.450. The van der Waals surface area contributed by atoms with Crippen LogP contribution in [-0.4, -0.2) is 41.1 Å². The molecule has 1 aliphatic heterocycles. The quantitative estimate of drug-likeness (QED) is 0.586. The van der Waals surface area contributed by atoms with Crippen molar-refractivity contribution in [1.82, 2.24) is 15.2 Å². The molecule has 0 amide bonds. The predicted octanol–water partition coefficient (Wildman–Crippen LogP) is 4.33. The smallest absolute Gasteiger partial charge is 0.256 e. The van der Waals surface area contributed by atoms with Gasteiger partial charge in [0.1, 0.15) is 11.3 Å². The van der Waals surface area contributed by atoms with E-state index in [1.807, 2.05) is 37.4 Å². The van der Waals surface area contributed by atoms with Crippen molar-refractivity contribution in [3.63, 3.8) is 0 Å². The van der Waals surface area contributed by atoms with E-state index in [4.69, 9.17) is 9.15 Å². The van der Waals surface area contributed by atoms with Crippen LogP contribution in [0.4, 0.5) is 5.82 Å². The van der Waals surface area contributed by atoms with Crippen LogP contribution in [0.2, 0.25) is 0 Å². The number of anilines is 1. The molecule has 0 bridgehead atoms. The summed E-state index contributed by atoms with van der Waals surface area (Å²) in [7, 11) is 0. The minimum absolute atomic E-state index is 0.687. The third-order valence-electron chi connectivity index (χ3n) is 5.03. The number of fused-ring (bicyclic) bond motifs is 1. The second-order valence-corrected chi connectivity index (χ2v) is 7.67. The first-order valence-corrected chi connectivity index (χ1v) is 10.6. The first kappa shape index (κ1) is 18.1. The molecular weight excluding hydrogens is 360 g/mol. The van der Waals surface area contributed by atoms with E-state index in [0.717, 1.165) is 67.3 Å². The Morgan fingerprint density at radius 2 is 2.04 bits per heavy atom. The summed E-state index contributed by atoms with van der Waals surface area (Å²) in [6.07, 6.45) is 5.35. The van der Waals surface area contributed by atoms with E-state index >= 15 is 0 Å². The molecule has 0 saturated carbocycles. The number of hydrogen-bond donors (Lipinski definition) is 0. The van der Waals surface area contributed by atoms with Crippen LogP contribution >= 0.6 is 11.8 Å². The summed E-state index contributed by atoms with van der Waals surface area (Å²) in [6.45, 7) is 4.75. The third kappa shape index (κ3) is 4.35. The number of nitrogens with zero attached hydrogens (tertiary/aromatic N) is 4. The zero-order chi connectivity index (χ0) is 18.6. The number of aryl methyl sites for hydroxylation is 1. The van der Waals surface area contributed by atoms with Crippen LogP contribution in [-0.2, 0) is 0 Å². The summed E-state index contributed by atoms with van der Waals surface area (Å²) in [5.74, 6) is 2.52. The van der Waals surface area contributed by atoms with E-state index in [9.17, 15) is 0 Å². The summed E-state index contributed by atoms with van der Waals surface area (Å²) in [6, 6.07) is 9.94. The Balaban J connectivity index is 1.25. The average Bonchev–Trinajstić information content (AvgIpc) is 3.12. The van der Waals surface area contributed by atoms with Gasteiger partial charge in [-0.3, -0.25) is 0 Å². The van der Waals surface area contributed by atoms with E-state index in [0.29, 0.717) is 11.1 Å². The van der Waals surface area contributed by atoms with Gasteiger partial charge in [-0.15, -0.1) is 5.10 Å². The van der Waals surface area contributed by atoms with Crippen LogP contribution < -0.4 is 9.64 Å². The molecule has 1 aliphatic rings. The first-order chi connectivity index (χ1) is 13.2. The Labute approximate surface area is 163 Å². The number of rotatable bonds is 6. The molecule has 1 fully saturated rings. The molecule has 2 aromatic heterocycles. The molecule has 0 atom stereocenters. The lowest BCUT2D eigenvalue weighted by Gasteiger charge is -2.32. The topological polar surface area (TPSA) is 64.3 Å². The molecule has 6 nitrogen and oxygen atoms in total. The maximum atomic E-state index is 5.95. The lowest BCUT2D eigenvalue weighted by atomic mass is 9.94. The lowest BCUT2D eigenvalue weighted by molar-refractivity contribution is 0.258. The average molecular weight is 385 g/mol. The zero-order valence-electron chi connectivity index (χ0n) is 15.7.